The van der Waals surface area contributed by atoms with Crippen molar-refractivity contribution in [1.82, 2.24) is 9.47 Å². The Labute approximate surface area is 179 Å². The zero-order valence-electron chi connectivity index (χ0n) is 18.6. The minimum Gasteiger partial charge on any atom is -0.458 e. The molecule has 0 aliphatic rings. The second-order valence-electron chi connectivity index (χ2n) is 8.12. The number of ether oxygens (including phenoxy) is 1. The average molecular weight is 412 g/mol. The van der Waals surface area contributed by atoms with Crippen molar-refractivity contribution >= 4 is 11.7 Å². The summed E-state index contributed by atoms with van der Waals surface area (Å²) in [4.78, 5) is 28.3. The first-order valence-electron chi connectivity index (χ1n) is 10.3. The van der Waals surface area contributed by atoms with Gasteiger partial charge in [0.25, 0.3) is 5.56 Å². The number of nitrogens with one attached hydrogen (secondary N) is 1. The smallest absolute Gasteiger partial charge is 0.330 e. The molecule has 6 heteroatoms. The molecule has 0 bridgehead atoms. The Kier molecular flexibility index (Phi) is 7.86. The van der Waals surface area contributed by atoms with E-state index in [0.29, 0.717) is 17.9 Å². The molecule has 1 heterocycles. The molecule has 0 unspecified atom stereocenters. The van der Waals surface area contributed by atoms with Gasteiger partial charge in [0.15, 0.2) is 0 Å². The maximum Gasteiger partial charge on any atom is 0.330 e. The second-order valence-corrected chi connectivity index (χ2v) is 8.12. The molecular weight excluding hydrogens is 378 g/mol. The number of carbonyl (C=O) groups is 1. The van der Waals surface area contributed by atoms with Crippen molar-refractivity contribution in [3.05, 3.63) is 77.0 Å². The topological polar surface area (TPSA) is 63.6 Å². The van der Waals surface area contributed by atoms with E-state index in [0.717, 1.165) is 18.7 Å². The van der Waals surface area contributed by atoms with Crippen LogP contribution >= 0.6 is 0 Å². The minimum absolute atomic E-state index is 0.294. The van der Waals surface area contributed by atoms with Crippen molar-refractivity contribution in [3.63, 3.8) is 0 Å². The number of aromatic nitrogens is 1. The normalized spacial score (nSPS) is 12.2. The van der Waals surface area contributed by atoms with Crippen molar-refractivity contribution in [2.24, 2.45) is 0 Å². The van der Waals surface area contributed by atoms with E-state index in [1.807, 2.05) is 69.9 Å². The summed E-state index contributed by atoms with van der Waals surface area (Å²) in [6, 6.07) is 12.3. The maximum atomic E-state index is 13.2. The van der Waals surface area contributed by atoms with Crippen LogP contribution in [0.25, 0.3) is 0 Å². The molecule has 0 spiro atoms. The maximum absolute atomic E-state index is 13.2. The standard InChI is InChI=1S/C24H33N3O3/c1-7-26(8-2)18(3)25-20-15-12-16-27(22(20)28)21(23(29)30-24(4,5)6)17-19-13-10-9-11-14-19/h9-16,21,25H,3,7-8,17H2,1-2,4-6H3/t21-/m0/s1. The molecule has 0 fully saturated rings. The zero-order valence-corrected chi connectivity index (χ0v) is 18.6. The SMILES string of the molecule is C=C(Nc1cccn([C@@H](Cc2ccccc2)C(=O)OC(C)(C)C)c1=O)N(CC)CC. The van der Waals surface area contributed by atoms with Crippen LogP contribution in [0.5, 0.6) is 0 Å². The molecule has 1 atom stereocenters. The van der Waals surface area contributed by atoms with Gasteiger partial charge < -0.3 is 15.0 Å². The van der Waals surface area contributed by atoms with E-state index in [2.05, 4.69) is 11.9 Å². The molecule has 1 aromatic heterocycles. The van der Waals surface area contributed by atoms with Crippen LogP contribution in [0.1, 0.15) is 46.2 Å². The lowest BCUT2D eigenvalue weighted by atomic mass is 10.0. The van der Waals surface area contributed by atoms with Gasteiger partial charge in [-0.2, -0.15) is 0 Å². The largest absolute Gasteiger partial charge is 0.458 e. The number of pyridine rings is 1. The number of carbonyl (C=O) groups excluding carboxylic acids is 1. The first kappa shape index (κ1) is 23.3. The fraction of sp³-hybridized carbons (Fsp3) is 0.417. The van der Waals surface area contributed by atoms with Gasteiger partial charge in [0.05, 0.1) is 5.82 Å². The fourth-order valence-electron chi connectivity index (χ4n) is 3.19. The third kappa shape index (κ3) is 6.24. The van der Waals surface area contributed by atoms with Gasteiger partial charge in [-0.1, -0.05) is 36.9 Å². The minimum atomic E-state index is -0.775. The summed E-state index contributed by atoms with van der Waals surface area (Å²) in [5.74, 6) is 0.208. The highest BCUT2D eigenvalue weighted by atomic mass is 16.6. The van der Waals surface area contributed by atoms with Crippen molar-refractivity contribution in [3.8, 4) is 0 Å². The number of anilines is 1. The molecule has 0 saturated carbocycles. The first-order chi connectivity index (χ1) is 14.2. The van der Waals surface area contributed by atoms with Crippen LogP contribution in [-0.2, 0) is 16.0 Å². The van der Waals surface area contributed by atoms with Gasteiger partial charge in [-0.15, -0.1) is 0 Å². The van der Waals surface area contributed by atoms with E-state index in [1.165, 1.54) is 4.57 Å². The number of nitrogens with zero attached hydrogens (tertiary/aromatic N) is 2. The third-order valence-electron chi connectivity index (χ3n) is 4.69. The Morgan fingerprint density at radius 2 is 1.77 bits per heavy atom. The van der Waals surface area contributed by atoms with Crippen LogP contribution in [0.4, 0.5) is 5.69 Å². The van der Waals surface area contributed by atoms with Gasteiger partial charge in [-0.3, -0.25) is 9.36 Å². The molecular formula is C24H33N3O3. The highest BCUT2D eigenvalue weighted by molar-refractivity contribution is 5.75. The molecule has 0 aliphatic carbocycles. The van der Waals surface area contributed by atoms with Gasteiger partial charge >= 0.3 is 5.97 Å². The Morgan fingerprint density at radius 1 is 1.13 bits per heavy atom. The van der Waals surface area contributed by atoms with Crippen molar-refractivity contribution in [2.45, 2.75) is 52.7 Å². The molecule has 6 nitrogen and oxygen atoms in total. The number of hydrogen-bond donors (Lipinski definition) is 1. The van der Waals surface area contributed by atoms with Crippen LogP contribution < -0.4 is 10.9 Å². The van der Waals surface area contributed by atoms with E-state index in [4.69, 9.17) is 4.74 Å². The number of rotatable bonds is 9. The second kappa shape index (κ2) is 10.1. The van der Waals surface area contributed by atoms with E-state index in [1.54, 1.807) is 18.3 Å². The Balaban J connectivity index is 2.41. The van der Waals surface area contributed by atoms with E-state index in [-0.39, 0.29) is 5.56 Å². The van der Waals surface area contributed by atoms with Crippen molar-refractivity contribution in [1.29, 1.82) is 0 Å². The number of benzene rings is 1. The molecule has 0 saturated heterocycles. The molecule has 2 rings (SSSR count). The van der Waals surface area contributed by atoms with Crippen molar-refractivity contribution in [2.75, 3.05) is 18.4 Å². The Morgan fingerprint density at radius 3 is 2.33 bits per heavy atom. The molecule has 2 aromatic rings. The lowest BCUT2D eigenvalue weighted by Gasteiger charge is -2.26. The summed E-state index contributed by atoms with van der Waals surface area (Å²) in [5.41, 5.74) is 0.377. The number of esters is 1. The highest BCUT2D eigenvalue weighted by Gasteiger charge is 2.28. The Bertz CT molecular complexity index is 909. The van der Waals surface area contributed by atoms with Crippen LogP contribution in [0.3, 0.4) is 0 Å². The fourth-order valence-corrected chi connectivity index (χ4v) is 3.19. The zero-order chi connectivity index (χ0) is 22.3. The number of hydrogen-bond acceptors (Lipinski definition) is 5. The van der Waals surface area contributed by atoms with Gasteiger partial charge in [0, 0.05) is 25.7 Å². The predicted octanol–water partition coefficient (Wildman–Crippen LogP) is 4.20. The quantitative estimate of drug-likeness (QED) is 0.627. The summed E-state index contributed by atoms with van der Waals surface area (Å²) in [6.07, 6.45) is 1.99. The summed E-state index contributed by atoms with van der Waals surface area (Å²) < 4.78 is 7.07. The molecule has 1 aromatic carbocycles. The monoisotopic (exact) mass is 411 g/mol. The van der Waals surface area contributed by atoms with Crippen LogP contribution in [0.2, 0.25) is 0 Å². The van der Waals surface area contributed by atoms with Gasteiger partial charge in [-0.25, -0.2) is 4.79 Å². The Hall–Kier alpha value is -3.02. The van der Waals surface area contributed by atoms with Crippen LogP contribution in [-0.4, -0.2) is 34.1 Å². The van der Waals surface area contributed by atoms with Gasteiger partial charge in [0.1, 0.15) is 17.3 Å². The molecule has 162 valence electrons. The summed E-state index contributed by atoms with van der Waals surface area (Å²) >= 11 is 0. The first-order valence-corrected chi connectivity index (χ1v) is 10.3. The molecule has 0 radical (unpaired) electrons. The molecule has 1 N–H and O–H groups in total. The molecule has 0 amide bonds. The van der Waals surface area contributed by atoms with Crippen LogP contribution in [0, 0.1) is 0 Å². The molecule has 30 heavy (non-hydrogen) atoms. The summed E-state index contributed by atoms with van der Waals surface area (Å²) in [7, 11) is 0. The van der Waals surface area contributed by atoms with E-state index < -0.39 is 17.6 Å². The van der Waals surface area contributed by atoms with Crippen molar-refractivity contribution < 1.29 is 9.53 Å². The van der Waals surface area contributed by atoms with Gasteiger partial charge in [-0.05, 0) is 52.3 Å². The lowest BCUT2D eigenvalue weighted by molar-refractivity contribution is -0.159. The van der Waals surface area contributed by atoms with E-state index in [9.17, 15) is 9.59 Å². The van der Waals surface area contributed by atoms with E-state index >= 15 is 0 Å². The third-order valence-corrected chi connectivity index (χ3v) is 4.69. The van der Waals surface area contributed by atoms with Gasteiger partial charge in [0.2, 0.25) is 0 Å². The predicted molar refractivity (Wildman–Crippen MR) is 121 cm³/mol. The summed E-state index contributed by atoms with van der Waals surface area (Å²) in [6.45, 7) is 15.1. The summed E-state index contributed by atoms with van der Waals surface area (Å²) in [5, 5.41) is 3.10. The average Bonchev–Trinajstić information content (AvgIpc) is 2.68. The highest BCUT2D eigenvalue weighted by Crippen LogP contribution is 2.20. The lowest BCUT2D eigenvalue weighted by Crippen LogP contribution is -2.37. The molecule has 0 aliphatic heterocycles. The van der Waals surface area contributed by atoms with Crippen LogP contribution in [0.15, 0.2) is 65.9 Å².